The smallest absolute Gasteiger partial charge is 0.494 e. The van der Waals surface area contributed by atoms with Crippen molar-refractivity contribution in [3.63, 3.8) is 0 Å². The molecule has 0 radical (unpaired) electrons. The zero-order chi connectivity index (χ0) is 34.0. The van der Waals surface area contributed by atoms with Crippen molar-refractivity contribution < 1.29 is 46.6 Å². The van der Waals surface area contributed by atoms with Crippen molar-refractivity contribution in [1.82, 2.24) is 15.9 Å². The Hall–Kier alpha value is -2.53. The first kappa shape index (κ1) is 36.3. The van der Waals surface area contributed by atoms with Crippen LogP contribution < -0.4 is 26.2 Å². The molecule has 4 rings (SSSR count). The molecule has 0 amide bonds. The van der Waals surface area contributed by atoms with Crippen molar-refractivity contribution in [1.29, 1.82) is 0 Å². The van der Waals surface area contributed by atoms with Gasteiger partial charge in [0.1, 0.15) is 12.0 Å². The van der Waals surface area contributed by atoms with Gasteiger partial charge in [0.15, 0.2) is 6.29 Å². The predicted octanol–water partition coefficient (Wildman–Crippen LogP) is 3.70. The molecule has 4 N–H and O–H groups in total. The molecule has 0 aliphatic carbocycles. The van der Waals surface area contributed by atoms with Gasteiger partial charge in [0.25, 0.3) is 0 Å². The summed E-state index contributed by atoms with van der Waals surface area (Å²) >= 11 is 0. The molecule has 15 heteroatoms. The van der Waals surface area contributed by atoms with E-state index in [1.54, 1.807) is 19.2 Å². The molecule has 3 heterocycles. The zero-order valence-electron chi connectivity index (χ0n) is 27.9. The molecule has 5 atom stereocenters. The lowest BCUT2D eigenvalue weighted by molar-refractivity contribution is -1.13. The number of morpholine rings is 1. The van der Waals surface area contributed by atoms with Crippen LogP contribution in [0, 0.1) is 5.92 Å². The second-order valence-corrected chi connectivity index (χ2v) is 13.2. The number of alkyl halides is 3. The summed E-state index contributed by atoms with van der Waals surface area (Å²) in [6.07, 6.45) is -5.46. The molecule has 3 saturated heterocycles. The number of hydrazine groups is 1. The van der Waals surface area contributed by atoms with Crippen LogP contribution in [0.25, 0.3) is 0 Å². The topological polar surface area (TPSA) is 128 Å². The van der Waals surface area contributed by atoms with Crippen molar-refractivity contribution in [3.05, 3.63) is 23.3 Å². The van der Waals surface area contributed by atoms with E-state index in [4.69, 9.17) is 24.8 Å². The highest BCUT2D eigenvalue weighted by Crippen LogP contribution is 2.42. The van der Waals surface area contributed by atoms with Gasteiger partial charge in [0.05, 0.1) is 32.1 Å². The number of carbonyl (C=O) groups excluding carboxylic acids is 2. The molecule has 1 aromatic rings. The summed E-state index contributed by atoms with van der Waals surface area (Å²) in [5.74, 6) is -2.53. The van der Waals surface area contributed by atoms with Crippen molar-refractivity contribution in [2.75, 3.05) is 44.9 Å². The minimum atomic E-state index is -5.30. The van der Waals surface area contributed by atoms with Crippen LogP contribution in [0.1, 0.15) is 83.1 Å². The molecule has 46 heavy (non-hydrogen) atoms. The number of nitrogens with zero attached hydrogens (tertiary/aromatic N) is 3. The van der Waals surface area contributed by atoms with Gasteiger partial charge >= 0.3 is 12.1 Å². The van der Waals surface area contributed by atoms with E-state index in [-0.39, 0.29) is 24.0 Å². The number of hydroxylamine groups is 2. The van der Waals surface area contributed by atoms with Gasteiger partial charge in [-0.3, -0.25) is 10.5 Å². The highest BCUT2D eigenvalue weighted by Gasteiger charge is 2.62. The number of ketones is 1. The van der Waals surface area contributed by atoms with E-state index in [2.05, 4.69) is 15.8 Å². The van der Waals surface area contributed by atoms with Gasteiger partial charge in [0.2, 0.25) is 18.5 Å². The van der Waals surface area contributed by atoms with Gasteiger partial charge in [-0.15, -0.1) is 5.01 Å². The van der Waals surface area contributed by atoms with Crippen molar-refractivity contribution in [2.24, 2.45) is 11.7 Å². The van der Waals surface area contributed by atoms with Crippen LogP contribution in [-0.4, -0.2) is 92.4 Å². The number of hydrogen-bond donors (Lipinski definition) is 3. The molecule has 5 unspecified atom stereocenters. The largest absolute Gasteiger partial charge is 0.497 e. The van der Waals surface area contributed by atoms with Crippen molar-refractivity contribution >= 4 is 17.4 Å². The van der Waals surface area contributed by atoms with Gasteiger partial charge in [-0.1, -0.05) is 47.0 Å². The third-order valence-electron chi connectivity index (χ3n) is 9.06. The molecule has 3 aliphatic heterocycles. The Morgan fingerprint density at radius 3 is 2.33 bits per heavy atom. The Labute approximate surface area is 269 Å². The van der Waals surface area contributed by atoms with E-state index < -0.39 is 53.3 Å². The summed E-state index contributed by atoms with van der Waals surface area (Å²) in [5, 5.41) is 1.50. The van der Waals surface area contributed by atoms with E-state index in [1.807, 2.05) is 41.5 Å². The Kier molecular flexibility index (Phi) is 11.3. The highest BCUT2D eigenvalue weighted by atomic mass is 19.4. The Morgan fingerprint density at radius 2 is 1.78 bits per heavy atom. The summed E-state index contributed by atoms with van der Waals surface area (Å²) in [6, 6.07) is 3.39. The van der Waals surface area contributed by atoms with Crippen molar-refractivity contribution in [2.45, 2.75) is 104 Å². The van der Waals surface area contributed by atoms with E-state index in [0.717, 1.165) is 18.4 Å². The maximum absolute atomic E-state index is 14.3. The molecule has 0 saturated carbocycles. The molecule has 12 nitrogen and oxygen atoms in total. The molecular formula is C31H50F3N6O6+. The maximum atomic E-state index is 14.3. The van der Waals surface area contributed by atoms with Crippen LogP contribution in [0.2, 0.25) is 0 Å². The fraction of sp³-hybridized carbons (Fsp3) is 0.742. The van der Waals surface area contributed by atoms with Gasteiger partial charge in [0, 0.05) is 36.6 Å². The second kappa shape index (κ2) is 14.3. The number of benzene rings is 1. The van der Waals surface area contributed by atoms with Gasteiger partial charge in [-0.05, 0) is 41.6 Å². The first-order chi connectivity index (χ1) is 21.6. The molecule has 0 bridgehead atoms. The fourth-order valence-corrected chi connectivity index (χ4v) is 6.43. The number of quaternary nitrogens is 1. The Bertz CT molecular complexity index is 1240. The number of ether oxygens (including phenoxy) is 3. The average molecular weight is 660 g/mol. The first-order valence-electron chi connectivity index (χ1n) is 16.1. The minimum absolute atomic E-state index is 0.0356. The Balaban J connectivity index is 1.76. The summed E-state index contributed by atoms with van der Waals surface area (Å²) in [6.45, 7) is 13.4. The first-order valence-corrected chi connectivity index (χ1v) is 16.1. The lowest BCUT2D eigenvalue weighted by atomic mass is 9.84. The van der Waals surface area contributed by atoms with Crippen molar-refractivity contribution in [3.8, 4) is 5.75 Å². The number of fused-ring (bicyclic) bond motifs is 1. The lowest BCUT2D eigenvalue weighted by Gasteiger charge is -2.43. The molecular weight excluding hydrogens is 609 g/mol. The van der Waals surface area contributed by atoms with E-state index in [1.165, 1.54) is 5.01 Å². The van der Waals surface area contributed by atoms with Crippen LogP contribution in [0.15, 0.2) is 12.1 Å². The summed E-state index contributed by atoms with van der Waals surface area (Å²) in [5.41, 5.74) is 13.7. The van der Waals surface area contributed by atoms with Crippen LogP contribution >= 0.6 is 0 Å². The zero-order valence-corrected chi connectivity index (χ0v) is 27.9. The number of nitrogens with one attached hydrogen (secondary N) is 2. The predicted molar refractivity (Wildman–Crippen MR) is 164 cm³/mol. The number of Topliss-reactive ketones (excluding diaryl/α,β-unsaturated/α-hetero) is 1. The van der Waals surface area contributed by atoms with Crippen LogP contribution in [0.3, 0.4) is 0 Å². The average Bonchev–Trinajstić information content (AvgIpc) is 3.27. The number of halogens is 3. The molecule has 3 aliphatic rings. The van der Waals surface area contributed by atoms with Gasteiger partial charge in [-0.2, -0.15) is 13.2 Å². The summed E-state index contributed by atoms with van der Waals surface area (Å²) in [4.78, 5) is 34.0. The minimum Gasteiger partial charge on any atom is -0.494 e. The number of carbonyl (C=O) groups is 2. The third-order valence-corrected chi connectivity index (χ3v) is 9.06. The van der Waals surface area contributed by atoms with Gasteiger partial charge in [-0.25, -0.2) is 15.1 Å². The quantitative estimate of drug-likeness (QED) is 0.238. The normalized spacial score (nSPS) is 27.5. The van der Waals surface area contributed by atoms with Gasteiger partial charge < -0.3 is 19.1 Å². The van der Waals surface area contributed by atoms with Crippen LogP contribution in [0.5, 0.6) is 5.75 Å². The molecule has 3 fully saturated rings. The third kappa shape index (κ3) is 7.61. The number of nitrogens with two attached hydrogens (primary N) is 1. The van der Waals surface area contributed by atoms with E-state index in [0.29, 0.717) is 44.2 Å². The molecule has 1 aromatic carbocycles. The van der Waals surface area contributed by atoms with E-state index in [9.17, 15) is 22.8 Å². The number of hydrogen-bond acceptors (Lipinski definition) is 11. The fourth-order valence-electron chi connectivity index (χ4n) is 6.43. The molecule has 0 spiro atoms. The monoisotopic (exact) mass is 659 g/mol. The lowest BCUT2D eigenvalue weighted by Crippen LogP contribution is -2.68. The number of methoxy groups -OCH3 is 1. The standard InChI is InChI=1S/C31H50F3N6O6/c1-8-19-17-25-39(36-27(19)45-21(9-2)10-3)29(35)37-40(25,46-28(42)31(32,33)34)18-24(41)20-15-22(30(4,5)6)26(43-7)23(16-20)38-11-13-44-14-12-38/h15-16,19,21,25,27,29,36-37H,8-14,17-18,35H2,1-7H3/q+1. The summed E-state index contributed by atoms with van der Waals surface area (Å²) in [7, 11) is 1.57. The summed E-state index contributed by atoms with van der Waals surface area (Å²) < 4.78 is 57.6. The second-order valence-electron chi connectivity index (χ2n) is 13.2. The molecule has 0 aromatic heterocycles. The SMILES string of the molecule is CCC(CC)OC1NN2C(N)N[N+](CC(=O)c3cc(N4CCOCC4)c(OC)c(C(C)(C)C)c3)(OC(=O)C(F)(F)F)C2CC1CC. The maximum Gasteiger partial charge on any atom is 0.497 e. The molecule has 260 valence electrons. The highest BCUT2D eigenvalue weighted by molar-refractivity contribution is 5.99. The van der Waals surface area contributed by atoms with E-state index >= 15 is 0 Å². The van der Waals surface area contributed by atoms with Crippen LogP contribution in [-0.2, 0) is 24.5 Å². The van der Waals surface area contributed by atoms with Crippen LogP contribution in [0.4, 0.5) is 18.9 Å². The number of rotatable bonds is 11. The Morgan fingerprint density at radius 1 is 1.13 bits per heavy atom. The number of anilines is 1.